The van der Waals surface area contributed by atoms with E-state index in [2.05, 4.69) is 0 Å². The summed E-state index contributed by atoms with van der Waals surface area (Å²) in [5.41, 5.74) is 0.486. The Morgan fingerprint density at radius 1 is 1.17 bits per heavy atom. The molecule has 1 fully saturated rings. The first-order valence-electron chi connectivity index (χ1n) is 9.58. The minimum Gasteiger partial charge on any atom is -0.507 e. The smallest absolute Gasteiger partial charge is 0.295 e. The van der Waals surface area contributed by atoms with Crippen molar-refractivity contribution < 1.29 is 24.2 Å². The maximum Gasteiger partial charge on any atom is 0.295 e. The lowest BCUT2D eigenvalue weighted by Crippen LogP contribution is -2.32. The van der Waals surface area contributed by atoms with Crippen LogP contribution in [0.25, 0.3) is 5.76 Å². The maximum atomic E-state index is 12.9. The molecule has 1 atom stereocenters. The Kier molecular flexibility index (Phi) is 6.79. The lowest BCUT2D eigenvalue weighted by atomic mass is 9.99. The summed E-state index contributed by atoms with van der Waals surface area (Å²) in [6, 6.07) is 8.03. The van der Waals surface area contributed by atoms with Gasteiger partial charge < -0.3 is 24.4 Å². The number of thiophene rings is 1. The number of methoxy groups -OCH3 is 2. The van der Waals surface area contributed by atoms with Gasteiger partial charge >= 0.3 is 0 Å². The molecule has 160 valence electrons. The zero-order valence-electron chi connectivity index (χ0n) is 17.5. The summed E-state index contributed by atoms with van der Waals surface area (Å²) in [4.78, 5) is 30.2. The molecule has 1 amide bonds. The molecular weight excluding hydrogens is 404 g/mol. The molecule has 2 aromatic rings. The van der Waals surface area contributed by atoms with E-state index < -0.39 is 17.7 Å². The monoisotopic (exact) mass is 430 g/mol. The van der Waals surface area contributed by atoms with Gasteiger partial charge in [-0.1, -0.05) is 6.07 Å². The summed E-state index contributed by atoms with van der Waals surface area (Å²) in [6.45, 7) is 1.21. The number of hydrogen-bond donors (Lipinski definition) is 1. The molecule has 0 saturated carbocycles. The summed E-state index contributed by atoms with van der Waals surface area (Å²) < 4.78 is 10.6. The molecule has 1 aliphatic heterocycles. The van der Waals surface area contributed by atoms with E-state index in [4.69, 9.17) is 9.47 Å². The zero-order valence-corrected chi connectivity index (χ0v) is 18.4. The lowest BCUT2D eigenvalue weighted by Gasteiger charge is -2.24. The van der Waals surface area contributed by atoms with Crippen molar-refractivity contribution in [1.29, 1.82) is 0 Å². The van der Waals surface area contributed by atoms with Crippen molar-refractivity contribution in [3.05, 3.63) is 51.7 Å². The predicted octanol–water partition coefficient (Wildman–Crippen LogP) is 3.14. The normalized spacial score (nSPS) is 18.3. The standard InChI is InChI=1S/C22H26N2O5S/c1-23(2)10-6-11-24-19(17-7-5-12-30-17)18(21(26)22(24)27)20(25)14-8-9-15(28-3)16(13-14)29-4/h5,7-9,12-13,19,25H,6,10-11H2,1-4H3/b20-18+. The number of aliphatic hydroxyl groups excluding tert-OH is 1. The fourth-order valence-electron chi connectivity index (χ4n) is 3.55. The first-order valence-corrected chi connectivity index (χ1v) is 10.5. The van der Waals surface area contributed by atoms with Crippen molar-refractivity contribution in [3.8, 4) is 11.5 Å². The second kappa shape index (κ2) is 9.32. The van der Waals surface area contributed by atoms with Crippen LogP contribution in [0.5, 0.6) is 11.5 Å². The molecule has 0 radical (unpaired) electrons. The Morgan fingerprint density at radius 2 is 1.90 bits per heavy atom. The number of rotatable bonds is 8. The Labute approximate surface area is 180 Å². The Balaban J connectivity index is 2.06. The van der Waals surface area contributed by atoms with E-state index in [1.165, 1.54) is 25.6 Å². The summed E-state index contributed by atoms with van der Waals surface area (Å²) in [5, 5.41) is 13.0. The van der Waals surface area contributed by atoms with Crippen molar-refractivity contribution in [2.45, 2.75) is 12.5 Å². The third-order valence-electron chi connectivity index (χ3n) is 5.01. The molecule has 1 unspecified atom stereocenters. The highest BCUT2D eigenvalue weighted by atomic mass is 32.1. The van der Waals surface area contributed by atoms with Gasteiger partial charge in [-0.3, -0.25) is 9.59 Å². The van der Waals surface area contributed by atoms with E-state index >= 15 is 0 Å². The molecule has 1 aromatic carbocycles. The first-order chi connectivity index (χ1) is 14.4. The molecule has 7 nitrogen and oxygen atoms in total. The van der Waals surface area contributed by atoms with Crippen LogP contribution in [0.3, 0.4) is 0 Å². The van der Waals surface area contributed by atoms with E-state index in [1.54, 1.807) is 23.1 Å². The molecular formula is C22H26N2O5S. The zero-order chi connectivity index (χ0) is 21.8. The molecule has 1 N–H and O–H groups in total. The van der Waals surface area contributed by atoms with Crippen LogP contribution >= 0.6 is 11.3 Å². The first kappa shape index (κ1) is 21.9. The highest BCUT2D eigenvalue weighted by molar-refractivity contribution is 7.10. The van der Waals surface area contributed by atoms with Gasteiger partial charge in [0.15, 0.2) is 11.5 Å². The van der Waals surface area contributed by atoms with Crippen molar-refractivity contribution >= 4 is 28.8 Å². The number of amides is 1. The van der Waals surface area contributed by atoms with E-state index in [1.807, 2.05) is 36.5 Å². The van der Waals surface area contributed by atoms with E-state index in [0.717, 1.165) is 17.8 Å². The highest BCUT2D eigenvalue weighted by Crippen LogP contribution is 2.42. The Morgan fingerprint density at radius 3 is 2.50 bits per heavy atom. The molecule has 0 spiro atoms. The molecule has 2 heterocycles. The van der Waals surface area contributed by atoms with Gasteiger partial charge in [0, 0.05) is 17.0 Å². The third-order valence-corrected chi connectivity index (χ3v) is 5.94. The number of hydrogen-bond acceptors (Lipinski definition) is 7. The van der Waals surface area contributed by atoms with Crippen LogP contribution in [0, 0.1) is 0 Å². The Bertz CT molecular complexity index is 952. The van der Waals surface area contributed by atoms with Crippen LogP contribution in [0.15, 0.2) is 41.3 Å². The van der Waals surface area contributed by atoms with Gasteiger partial charge in [0.05, 0.1) is 25.8 Å². The number of carbonyl (C=O) groups is 2. The second-order valence-corrected chi connectivity index (χ2v) is 8.21. The van der Waals surface area contributed by atoms with Crippen LogP contribution in [-0.4, -0.2) is 68.0 Å². The topological polar surface area (TPSA) is 79.3 Å². The number of Topliss-reactive ketones (excluding diaryl/α,β-unsaturated/α-hetero) is 1. The van der Waals surface area contributed by atoms with Crippen LogP contribution in [0.4, 0.5) is 0 Å². The van der Waals surface area contributed by atoms with Gasteiger partial charge in [-0.2, -0.15) is 0 Å². The van der Waals surface area contributed by atoms with Gasteiger partial charge in [-0.15, -0.1) is 11.3 Å². The molecule has 1 saturated heterocycles. The molecule has 1 aliphatic rings. The predicted molar refractivity (Wildman–Crippen MR) is 116 cm³/mol. The van der Waals surface area contributed by atoms with Crippen LogP contribution < -0.4 is 9.47 Å². The van der Waals surface area contributed by atoms with Crippen LogP contribution in [-0.2, 0) is 9.59 Å². The maximum absolute atomic E-state index is 12.9. The number of nitrogens with zero attached hydrogens (tertiary/aromatic N) is 2. The number of ether oxygens (including phenoxy) is 2. The van der Waals surface area contributed by atoms with E-state index in [9.17, 15) is 14.7 Å². The largest absolute Gasteiger partial charge is 0.507 e. The van der Waals surface area contributed by atoms with Crippen LogP contribution in [0.1, 0.15) is 22.9 Å². The number of likely N-dealkylation sites (tertiary alicyclic amines) is 1. The Hall–Kier alpha value is -2.84. The van der Waals surface area contributed by atoms with Crippen molar-refractivity contribution in [3.63, 3.8) is 0 Å². The van der Waals surface area contributed by atoms with Gasteiger partial charge in [-0.25, -0.2) is 0 Å². The SMILES string of the molecule is COc1ccc(/C(O)=C2\C(=O)C(=O)N(CCCN(C)C)C2c2cccs2)cc1OC. The van der Waals surface area contributed by atoms with Gasteiger partial charge in [-0.05, 0) is 56.7 Å². The molecule has 8 heteroatoms. The van der Waals surface area contributed by atoms with Crippen LogP contribution in [0.2, 0.25) is 0 Å². The third kappa shape index (κ3) is 4.20. The number of aliphatic hydroxyl groups is 1. The molecule has 1 aromatic heterocycles. The summed E-state index contributed by atoms with van der Waals surface area (Å²) in [6.07, 6.45) is 0.721. The van der Waals surface area contributed by atoms with Crippen molar-refractivity contribution in [1.82, 2.24) is 9.80 Å². The fraction of sp³-hybridized carbons (Fsp3) is 0.364. The van der Waals surface area contributed by atoms with Gasteiger partial charge in [0.2, 0.25) is 0 Å². The van der Waals surface area contributed by atoms with Gasteiger partial charge in [0.25, 0.3) is 11.7 Å². The molecule has 30 heavy (non-hydrogen) atoms. The minimum absolute atomic E-state index is 0.0968. The molecule has 0 aliphatic carbocycles. The number of carbonyl (C=O) groups excluding carboxylic acids is 2. The number of ketones is 1. The van der Waals surface area contributed by atoms with E-state index in [0.29, 0.717) is 23.6 Å². The number of benzene rings is 1. The van der Waals surface area contributed by atoms with Crippen molar-refractivity contribution in [2.24, 2.45) is 0 Å². The highest BCUT2D eigenvalue weighted by Gasteiger charge is 2.46. The van der Waals surface area contributed by atoms with Gasteiger partial charge in [0.1, 0.15) is 5.76 Å². The second-order valence-electron chi connectivity index (χ2n) is 7.23. The average molecular weight is 431 g/mol. The summed E-state index contributed by atoms with van der Waals surface area (Å²) in [7, 11) is 6.94. The lowest BCUT2D eigenvalue weighted by molar-refractivity contribution is -0.139. The summed E-state index contributed by atoms with van der Waals surface area (Å²) >= 11 is 1.45. The molecule has 3 rings (SSSR count). The average Bonchev–Trinajstić information content (AvgIpc) is 3.35. The quantitative estimate of drug-likeness (QED) is 0.394. The summed E-state index contributed by atoms with van der Waals surface area (Å²) in [5.74, 6) is -0.551. The van der Waals surface area contributed by atoms with Crippen molar-refractivity contribution in [2.75, 3.05) is 41.4 Å². The minimum atomic E-state index is -0.675. The molecule has 0 bridgehead atoms. The van der Waals surface area contributed by atoms with E-state index in [-0.39, 0.29) is 11.3 Å². The fourth-order valence-corrected chi connectivity index (χ4v) is 4.39.